The summed E-state index contributed by atoms with van der Waals surface area (Å²) in [6, 6.07) is 0. The minimum Gasteiger partial charge on any atom is -0.0651 e. The first-order valence-electron chi connectivity index (χ1n) is 6.96. The van der Waals surface area contributed by atoms with Gasteiger partial charge in [0.05, 0.1) is 0 Å². The summed E-state index contributed by atoms with van der Waals surface area (Å²) in [5, 5.41) is 0. The van der Waals surface area contributed by atoms with E-state index in [1.54, 1.807) is 0 Å². The van der Waals surface area contributed by atoms with Gasteiger partial charge in [-0.25, -0.2) is 0 Å². The molecule has 0 aliphatic carbocycles. The molecule has 16 heavy (non-hydrogen) atoms. The van der Waals surface area contributed by atoms with Crippen molar-refractivity contribution in [1.29, 1.82) is 0 Å². The van der Waals surface area contributed by atoms with E-state index in [9.17, 15) is 0 Å². The van der Waals surface area contributed by atoms with Crippen LogP contribution in [0.3, 0.4) is 0 Å². The van der Waals surface area contributed by atoms with Crippen LogP contribution in [0.1, 0.15) is 82.1 Å². The molecule has 2 atom stereocenters. The molecule has 0 N–H and O–H groups in total. The number of hydrogen-bond acceptors (Lipinski definition) is 0. The molecule has 100 valence electrons. The molecule has 0 fully saturated rings. The van der Waals surface area contributed by atoms with Crippen molar-refractivity contribution in [2.75, 3.05) is 0 Å². The van der Waals surface area contributed by atoms with Crippen molar-refractivity contribution >= 4 is 0 Å². The average Bonchev–Trinajstić information content (AvgIpc) is 2.13. The van der Waals surface area contributed by atoms with Crippen LogP contribution in [0.5, 0.6) is 0 Å². The van der Waals surface area contributed by atoms with Gasteiger partial charge in [-0.2, -0.15) is 0 Å². The molecule has 0 rings (SSSR count). The first-order valence-corrected chi connectivity index (χ1v) is 6.96. The quantitative estimate of drug-likeness (QED) is 0.531. The van der Waals surface area contributed by atoms with E-state index >= 15 is 0 Å². The number of hydrogen-bond donors (Lipinski definition) is 0. The van der Waals surface area contributed by atoms with Crippen molar-refractivity contribution in [1.82, 2.24) is 0 Å². The molecule has 0 heterocycles. The molecular formula is C16H36. The summed E-state index contributed by atoms with van der Waals surface area (Å²) in [7, 11) is 0. The van der Waals surface area contributed by atoms with Crippen LogP contribution in [0.4, 0.5) is 0 Å². The molecule has 0 aliphatic rings. The van der Waals surface area contributed by atoms with Gasteiger partial charge in [0, 0.05) is 0 Å². The Morgan fingerprint density at radius 2 is 0.812 bits per heavy atom. The second-order valence-corrected chi connectivity index (χ2v) is 7.35. The zero-order valence-corrected chi connectivity index (χ0v) is 13.6. The maximum Gasteiger partial charge on any atom is -0.0357 e. The maximum absolute atomic E-state index is 2.31. The molecule has 0 aromatic carbocycles. The van der Waals surface area contributed by atoms with E-state index in [0.717, 1.165) is 11.8 Å². The Hall–Kier alpha value is 0. The Balaban J connectivity index is 0. The van der Waals surface area contributed by atoms with Crippen LogP contribution in [-0.2, 0) is 0 Å². The Morgan fingerprint density at radius 1 is 0.625 bits per heavy atom. The molecular weight excluding hydrogens is 192 g/mol. The van der Waals surface area contributed by atoms with Gasteiger partial charge in [0.2, 0.25) is 0 Å². The van der Waals surface area contributed by atoms with Crippen LogP contribution < -0.4 is 0 Å². The van der Waals surface area contributed by atoms with Gasteiger partial charge >= 0.3 is 0 Å². The maximum atomic E-state index is 2.31. The third-order valence-electron chi connectivity index (χ3n) is 4.18. The highest BCUT2D eigenvalue weighted by atomic mass is 14.2. The Bertz CT molecular complexity index is 134. The molecule has 0 aromatic heterocycles. The second-order valence-electron chi connectivity index (χ2n) is 7.35. The van der Waals surface area contributed by atoms with Crippen LogP contribution in [0.25, 0.3) is 0 Å². The Kier molecular flexibility index (Phi) is 8.44. The topological polar surface area (TPSA) is 0 Å². The van der Waals surface area contributed by atoms with E-state index in [-0.39, 0.29) is 0 Å². The van der Waals surface area contributed by atoms with Gasteiger partial charge in [-0.15, -0.1) is 0 Å². The minimum absolute atomic E-state index is 0.509. The van der Waals surface area contributed by atoms with Crippen molar-refractivity contribution in [2.24, 2.45) is 22.7 Å². The highest BCUT2D eigenvalue weighted by Gasteiger charge is 2.17. The Morgan fingerprint density at radius 3 is 0.812 bits per heavy atom. The van der Waals surface area contributed by atoms with Gasteiger partial charge in [-0.3, -0.25) is 0 Å². The van der Waals surface area contributed by atoms with Crippen molar-refractivity contribution in [3.05, 3.63) is 0 Å². The molecule has 0 aliphatic heterocycles. The van der Waals surface area contributed by atoms with Gasteiger partial charge in [0.15, 0.2) is 0 Å². The zero-order valence-electron chi connectivity index (χ0n) is 13.6. The summed E-state index contributed by atoms with van der Waals surface area (Å²) in [4.78, 5) is 0. The summed E-state index contributed by atoms with van der Waals surface area (Å²) in [5.41, 5.74) is 1.02. The predicted molar refractivity (Wildman–Crippen MR) is 77.8 cm³/mol. The molecule has 0 saturated heterocycles. The largest absolute Gasteiger partial charge is 0.0651 e. The average molecular weight is 228 g/mol. The molecule has 0 nitrogen and oxygen atoms in total. The van der Waals surface area contributed by atoms with E-state index in [2.05, 4.69) is 69.2 Å². The summed E-state index contributed by atoms with van der Waals surface area (Å²) in [6.07, 6.45) is 2.59. The molecule has 0 bridgehead atoms. The summed E-state index contributed by atoms with van der Waals surface area (Å²) in [6.45, 7) is 22.9. The summed E-state index contributed by atoms with van der Waals surface area (Å²) in [5.74, 6) is 1.70. The van der Waals surface area contributed by atoms with Crippen molar-refractivity contribution in [3.8, 4) is 0 Å². The van der Waals surface area contributed by atoms with Crippen molar-refractivity contribution in [2.45, 2.75) is 82.1 Å². The van der Waals surface area contributed by atoms with E-state index in [1.165, 1.54) is 12.8 Å². The fraction of sp³-hybridized carbons (Fsp3) is 1.00. The van der Waals surface area contributed by atoms with E-state index in [1.807, 2.05) is 0 Å². The predicted octanol–water partition coefficient (Wildman–Crippen LogP) is 6.16. The summed E-state index contributed by atoms with van der Waals surface area (Å²) >= 11 is 0. The lowest BCUT2D eigenvalue weighted by molar-refractivity contribution is 0.254. The van der Waals surface area contributed by atoms with Crippen molar-refractivity contribution < 1.29 is 0 Å². The molecule has 0 amide bonds. The van der Waals surface area contributed by atoms with Gasteiger partial charge < -0.3 is 0 Å². The van der Waals surface area contributed by atoms with E-state index in [4.69, 9.17) is 0 Å². The van der Waals surface area contributed by atoms with Crippen molar-refractivity contribution in [3.63, 3.8) is 0 Å². The van der Waals surface area contributed by atoms with Crippen LogP contribution in [0.2, 0.25) is 0 Å². The molecule has 0 spiro atoms. The van der Waals surface area contributed by atoms with Crippen LogP contribution in [-0.4, -0.2) is 0 Å². The molecule has 0 aromatic rings. The van der Waals surface area contributed by atoms with Crippen LogP contribution >= 0.6 is 0 Å². The highest BCUT2D eigenvalue weighted by molar-refractivity contribution is 4.68. The smallest absolute Gasteiger partial charge is 0.0357 e. The second kappa shape index (κ2) is 7.35. The van der Waals surface area contributed by atoms with Crippen LogP contribution in [0.15, 0.2) is 0 Å². The third-order valence-corrected chi connectivity index (χ3v) is 4.18. The monoisotopic (exact) mass is 228 g/mol. The van der Waals surface area contributed by atoms with Gasteiger partial charge in [0.1, 0.15) is 0 Å². The highest BCUT2D eigenvalue weighted by Crippen LogP contribution is 2.27. The van der Waals surface area contributed by atoms with Gasteiger partial charge in [0.25, 0.3) is 0 Å². The van der Waals surface area contributed by atoms with Gasteiger partial charge in [-0.05, 0) is 22.7 Å². The lowest BCUT2D eigenvalue weighted by Crippen LogP contribution is -2.15. The molecule has 0 radical (unpaired) electrons. The fourth-order valence-electron chi connectivity index (χ4n) is 1.22. The minimum atomic E-state index is 0.509. The molecule has 0 heteroatoms. The Labute approximate surface area is 105 Å². The summed E-state index contributed by atoms with van der Waals surface area (Å²) < 4.78 is 0. The van der Waals surface area contributed by atoms with Gasteiger partial charge in [-0.1, -0.05) is 82.1 Å². The standard InChI is InChI=1S/2C8H18/c2*1-6-7(2)8(3,4)5/h2*7H,6H2,1-5H3/t2*7-/m10/s1. The number of rotatable bonds is 2. The normalized spacial score (nSPS) is 16.1. The first-order chi connectivity index (χ1) is 6.96. The van der Waals surface area contributed by atoms with E-state index < -0.39 is 0 Å². The first kappa shape index (κ1) is 18.4. The lowest BCUT2D eigenvalue weighted by Gasteiger charge is -2.25. The zero-order chi connectivity index (χ0) is 13.6. The molecule has 0 unspecified atom stereocenters. The van der Waals surface area contributed by atoms with Crippen LogP contribution in [0, 0.1) is 22.7 Å². The van der Waals surface area contributed by atoms with E-state index in [0.29, 0.717) is 10.8 Å². The third kappa shape index (κ3) is 9.24. The SMILES string of the molecule is CC[C@@H](C)C(C)(C)C.CC[C@H](C)C(C)(C)C. The molecule has 0 saturated carbocycles. The lowest BCUT2D eigenvalue weighted by atomic mass is 9.81. The fourth-order valence-corrected chi connectivity index (χ4v) is 1.22.